The molecule has 0 aliphatic rings. The van der Waals surface area contributed by atoms with Crippen molar-refractivity contribution in [2.24, 2.45) is 7.05 Å². The number of hydrogen-bond acceptors (Lipinski definition) is 5. The van der Waals surface area contributed by atoms with E-state index in [0.717, 1.165) is 16.9 Å². The average Bonchev–Trinajstić information content (AvgIpc) is 3.11. The number of hydrogen-bond donors (Lipinski definition) is 2. The van der Waals surface area contributed by atoms with Gasteiger partial charge in [-0.2, -0.15) is 5.10 Å². The first kappa shape index (κ1) is 22.9. The van der Waals surface area contributed by atoms with Gasteiger partial charge in [0.2, 0.25) is 0 Å². The molecular weight excluding hydrogens is 406 g/mol. The molecule has 8 heteroatoms. The van der Waals surface area contributed by atoms with Crippen LogP contribution < -0.4 is 10.6 Å². The third-order valence-electron chi connectivity index (χ3n) is 4.43. The molecule has 32 heavy (non-hydrogen) atoms. The van der Waals surface area contributed by atoms with Gasteiger partial charge in [-0.3, -0.25) is 9.48 Å². The van der Waals surface area contributed by atoms with E-state index in [2.05, 4.69) is 15.7 Å². The molecule has 0 spiro atoms. The van der Waals surface area contributed by atoms with Gasteiger partial charge >= 0.3 is 6.09 Å². The third kappa shape index (κ3) is 6.60. The molecule has 0 aliphatic heterocycles. The van der Waals surface area contributed by atoms with Crippen molar-refractivity contribution in [3.8, 4) is 0 Å². The van der Waals surface area contributed by atoms with Gasteiger partial charge in [0.1, 0.15) is 5.60 Å². The lowest BCUT2D eigenvalue weighted by Gasteiger charge is -2.24. The van der Waals surface area contributed by atoms with Crippen LogP contribution in [-0.2, 0) is 18.3 Å². The quantitative estimate of drug-likeness (QED) is 0.582. The zero-order valence-electron chi connectivity index (χ0n) is 19.0. The second-order valence-corrected chi connectivity index (χ2v) is 8.60. The van der Waals surface area contributed by atoms with E-state index < -0.39 is 11.7 Å². The van der Waals surface area contributed by atoms with Gasteiger partial charge < -0.3 is 20.3 Å². The van der Waals surface area contributed by atoms with Crippen LogP contribution in [0.1, 0.15) is 36.7 Å². The highest BCUT2D eigenvalue weighted by atomic mass is 16.6. The Morgan fingerprint density at radius 1 is 1.06 bits per heavy atom. The number of ether oxygens (including phenoxy) is 1. The summed E-state index contributed by atoms with van der Waals surface area (Å²) in [7, 11) is 3.52. The lowest BCUT2D eigenvalue weighted by Crippen LogP contribution is -2.33. The van der Waals surface area contributed by atoms with Crippen LogP contribution in [-0.4, -0.2) is 39.3 Å². The lowest BCUT2D eigenvalue weighted by atomic mass is 10.1. The summed E-state index contributed by atoms with van der Waals surface area (Å²) in [5.41, 5.74) is 3.13. The number of carbonyl (C=O) groups is 2. The fourth-order valence-electron chi connectivity index (χ4n) is 3.02. The minimum atomic E-state index is -0.554. The maximum atomic E-state index is 12.8. The fourth-order valence-corrected chi connectivity index (χ4v) is 3.02. The van der Waals surface area contributed by atoms with E-state index >= 15 is 0 Å². The number of amides is 2. The highest BCUT2D eigenvalue weighted by Crippen LogP contribution is 2.19. The monoisotopic (exact) mass is 435 g/mol. The second kappa shape index (κ2) is 9.55. The van der Waals surface area contributed by atoms with Crippen molar-refractivity contribution >= 4 is 29.1 Å². The molecule has 0 saturated carbocycles. The molecule has 2 aromatic carbocycles. The number of nitrogens with one attached hydrogen (secondary N) is 2. The molecule has 3 rings (SSSR count). The molecule has 2 amide bonds. The Morgan fingerprint density at radius 2 is 1.78 bits per heavy atom. The molecule has 1 aromatic heterocycles. The Bertz CT molecular complexity index is 1100. The van der Waals surface area contributed by atoms with Crippen LogP contribution in [0.4, 0.5) is 21.9 Å². The summed E-state index contributed by atoms with van der Waals surface area (Å²) in [6.45, 7) is 5.85. The van der Waals surface area contributed by atoms with Crippen LogP contribution in [0.25, 0.3) is 0 Å². The SMILES string of the molecule is CN(Cc1cccc(NC(=O)c2cccc(Nc3cnn(C)c3)c2)c1)C(=O)OC(C)(C)C. The summed E-state index contributed by atoms with van der Waals surface area (Å²) in [4.78, 5) is 26.5. The molecule has 168 valence electrons. The molecule has 0 bridgehead atoms. The molecule has 0 saturated heterocycles. The van der Waals surface area contributed by atoms with Gasteiger partial charge in [0.25, 0.3) is 5.91 Å². The summed E-state index contributed by atoms with van der Waals surface area (Å²) < 4.78 is 7.09. The zero-order valence-corrected chi connectivity index (χ0v) is 19.0. The van der Waals surface area contributed by atoms with Gasteiger partial charge in [-0.1, -0.05) is 18.2 Å². The average molecular weight is 436 g/mol. The minimum absolute atomic E-state index is 0.225. The van der Waals surface area contributed by atoms with Crippen molar-refractivity contribution in [3.63, 3.8) is 0 Å². The summed E-state index contributed by atoms with van der Waals surface area (Å²) in [6, 6.07) is 14.6. The standard InChI is InChI=1S/C24H29N5O3/c1-24(2,3)32-23(31)28(4)15-17-8-6-10-19(12-17)27-22(30)18-9-7-11-20(13-18)26-21-14-25-29(5)16-21/h6-14,16,26H,15H2,1-5H3,(H,27,30). The van der Waals surface area contributed by atoms with Crippen LogP contribution in [0, 0.1) is 0 Å². The van der Waals surface area contributed by atoms with E-state index in [4.69, 9.17) is 4.74 Å². The van der Waals surface area contributed by atoms with E-state index in [1.54, 1.807) is 30.1 Å². The minimum Gasteiger partial charge on any atom is -0.444 e. The van der Waals surface area contributed by atoms with Gasteiger partial charge in [-0.05, 0) is 56.7 Å². The molecule has 0 atom stereocenters. The molecule has 0 fully saturated rings. The Hall–Kier alpha value is -3.81. The van der Waals surface area contributed by atoms with Crippen molar-refractivity contribution in [2.75, 3.05) is 17.7 Å². The summed E-state index contributed by atoms with van der Waals surface area (Å²) in [5, 5.41) is 10.3. The van der Waals surface area contributed by atoms with E-state index in [1.165, 1.54) is 4.90 Å². The summed E-state index contributed by atoms with van der Waals surface area (Å²) in [5.74, 6) is -0.225. The number of anilines is 3. The van der Waals surface area contributed by atoms with Gasteiger partial charge in [-0.15, -0.1) is 0 Å². The first-order chi connectivity index (χ1) is 15.1. The Balaban J connectivity index is 1.64. The molecule has 0 radical (unpaired) electrons. The largest absolute Gasteiger partial charge is 0.444 e. The normalized spacial score (nSPS) is 11.0. The zero-order chi connectivity index (χ0) is 23.3. The molecule has 3 aromatic rings. The van der Waals surface area contributed by atoms with Crippen LogP contribution in [0.3, 0.4) is 0 Å². The number of benzene rings is 2. The Labute approximate surface area is 188 Å². The number of aryl methyl sites for hydroxylation is 1. The summed E-state index contributed by atoms with van der Waals surface area (Å²) >= 11 is 0. The number of rotatable bonds is 6. The molecule has 0 aliphatic carbocycles. The van der Waals surface area contributed by atoms with Crippen molar-refractivity contribution in [2.45, 2.75) is 32.9 Å². The molecule has 0 unspecified atom stereocenters. The molecule has 2 N–H and O–H groups in total. The van der Waals surface area contributed by atoms with Gasteiger partial charge in [0.15, 0.2) is 0 Å². The Kier molecular flexibility index (Phi) is 6.82. The van der Waals surface area contributed by atoms with Crippen LogP contribution >= 0.6 is 0 Å². The number of carbonyl (C=O) groups excluding carboxylic acids is 2. The van der Waals surface area contributed by atoms with Crippen LogP contribution in [0.2, 0.25) is 0 Å². The van der Waals surface area contributed by atoms with Crippen molar-refractivity contribution in [1.82, 2.24) is 14.7 Å². The first-order valence-electron chi connectivity index (χ1n) is 10.3. The van der Waals surface area contributed by atoms with E-state index in [9.17, 15) is 9.59 Å². The molecule has 8 nitrogen and oxygen atoms in total. The highest BCUT2D eigenvalue weighted by Gasteiger charge is 2.19. The maximum Gasteiger partial charge on any atom is 0.410 e. The summed E-state index contributed by atoms with van der Waals surface area (Å²) in [6.07, 6.45) is 3.17. The first-order valence-corrected chi connectivity index (χ1v) is 10.3. The van der Waals surface area contributed by atoms with Crippen molar-refractivity contribution in [3.05, 3.63) is 72.1 Å². The van der Waals surface area contributed by atoms with E-state index in [0.29, 0.717) is 17.8 Å². The highest BCUT2D eigenvalue weighted by molar-refractivity contribution is 6.04. The van der Waals surface area contributed by atoms with Crippen molar-refractivity contribution < 1.29 is 14.3 Å². The van der Waals surface area contributed by atoms with Crippen LogP contribution in [0.5, 0.6) is 0 Å². The third-order valence-corrected chi connectivity index (χ3v) is 4.43. The van der Waals surface area contributed by atoms with E-state index in [1.807, 2.05) is 70.4 Å². The predicted molar refractivity (Wildman–Crippen MR) is 125 cm³/mol. The van der Waals surface area contributed by atoms with Gasteiger partial charge in [-0.25, -0.2) is 4.79 Å². The maximum absolute atomic E-state index is 12.8. The molecular formula is C24H29N5O3. The lowest BCUT2D eigenvalue weighted by molar-refractivity contribution is 0.0285. The fraction of sp³-hybridized carbons (Fsp3) is 0.292. The van der Waals surface area contributed by atoms with E-state index in [-0.39, 0.29) is 5.91 Å². The smallest absolute Gasteiger partial charge is 0.410 e. The topological polar surface area (TPSA) is 88.5 Å². The van der Waals surface area contributed by atoms with Crippen molar-refractivity contribution in [1.29, 1.82) is 0 Å². The van der Waals surface area contributed by atoms with Gasteiger partial charge in [0, 0.05) is 43.8 Å². The van der Waals surface area contributed by atoms with Gasteiger partial charge in [0.05, 0.1) is 11.9 Å². The number of aromatic nitrogens is 2. The molecule has 1 heterocycles. The number of nitrogens with zero attached hydrogens (tertiary/aromatic N) is 3. The van der Waals surface area contributed by atoms with Crippen LogP contribution in [0.15, 0.2) is 60.9 Å². The Morgan fingerprint density at radius 3 is 2.47 bits per heavy atom. The second-order valence-electron chi connectivity index (χ2n) is 8.60. The predicted octanol–water partition coefficient (Wildman–Crippen LogP) is 4.78.